The molecular formula is C21H26FN3O4S. The summed E-state index contributed by atoms with van der Waals surface area (Å²) in [6.45, 7) is 5.33. The zero-order chi connectivity index (χ0) is 21.7. The maximum absolute atomic E-state index is 13.8. The summed E-state index contributed by atoms with van der Waals surface area (Å²) in [7, 11) is -2.18. The number of rotatable bonds is 7. The van der Waals surface area contributed by atoms with Gasteiger partial charge in [0.05, 0.1) is 18.4 Å². The van der Waals surface area contributed by atoms with Gasteiger partial charge in [0.1, 0.15) is 0 Å². The maximum Gasteiger partial charge on any atom is 0.243 e. The van der Waals surface area contributed by atoms with Gasteiger partial charge >= 0.3 is 0 Å². The van der Waals surface area contributed by atoms with Crippen LogP contribution in [0, 0.1) is 5.82 Å². The van der Waals surface area contributed by atoms with Crippen LogP contribution in [0.15, 0.2) is 47.4 Å². The van der Waals surface area contributed by atoms with Gasteiger partial charge in [-0.2, -0.15) is 4.31 Å². The van der Waals surface area contributed by atoms with Gasteiger partial charge in [-0.05, 0) is 48.5 Å². The number of sulfonamides is 1. The van der Waals surface area contributed by atoms with Gasteiger partial charge in [-0.25, -0.2) is 12.8 Å². The molecule has 1 N–H and O–H groups in total. The van der Waals surface area contributed by atoms with E-state index in [2.05, 4.69) is 17.1 Å². The van der Waals surface area contributed by atoms with Crippen molar-refractivity contribution in [3.05, 3.63) is 53.8 Å². The molecule has 0 atom stereocenters. The molecule has 1 fully saturated rings. The lowest BCUT2D eigenvalue weighted by molar-refractivity contribution is -0.115. The number of methoxy groups -OCH3 is 1. The number of halogens is 1. The number of hydrogen-bond donors (Lipinski definition) is 1. The molecule has 1 heterocycles. The number of benzene rings is 2. The molecule has 30 heavy (non-hydrogen) atoms. The van der Waals surface area contributed by atoms with Crippen molar-refractivity contribution < 1.29 is 22.3 Å². The third-order valence-corrected chi connectivity index (χ3v) is 7.05. The van der Waals surface area contributed by atoms with Crippen LogP contribution in [0.3, 0.4) is 0 Å². The number of carbonyl (C=O) groups is 1. The van der Waals surface area contributed by atoms with Crippen LogP contribution in [0.1, 0.15) is 12.5 Å². The van der Waals surface area contributed by atoms with Gasteiger partial charge in [0.25, 0.3) is 0 Å². The van der Waals surface area contributed by atoms with Crippen molar-refractivity contribution in [2.45, 2.75) is 18.2 Å². The monoisotopic (exact) mass is 435 g/mol. The quantitative estimate of drug-likeness (QED) is 0.722. The van der Waals surface area contributed by atoms with E-state index in [1.807, 2.05) is 0 Å². The lowest BCUT2D eigenvalue weighted by Gasteiger charge is -2.33. The van der Waals surface area contributed by atoms with Crippen LogP contribution in [0.5, 0.6) is 5.75 Å². The smallest absolute Gasteiger partial charge is 0.243 e. The predicted octanol–water partition coefficient (Wildman–Crippen LogP) is 2.34. The first-order valence-electron chi connectivity index (χ1n) is 9.78. The third-order valence-electron chi connectivity index (χ3n) is 5.14. The summed E-state index contributed by atoms with van der Waals surface area (Å²) in [6, 6.07) is 10.4. The van der Waals surface area contributed by atoms with E-state index in [1.54, 1.807) is 18.2 Å². The average Bonchev–Trinajstić information content (AvgIpc) is 2.74. The third kappa shape index (κ3) is 5.16. The standard InChI is InChI=1S/C21H26FN3O4S/c1-3-24-10-12-25(13-11-24)30(27,28)18-7-5-17(6-8-18)23-21(26)15-16-4-9-20(29-2)19(22)14-16/h4-9,14H,3,10-13,15H2,1-2H3,(H,23,26). The van der Waals surface area contributed by atoms with Crippen molar-refractivity contribution in [3.8, 4) is 5.75 Å². The van der Waals surface area contributed by atoms with Crippen molar-refractivity contribution in [2.24, 2.45) is 0 Å². The number of nitrogens with zero attached hydrogens (tertiary/aromatic N) is 2. The van der Waals surface area contributed by atoms with Crippen LogP contribution >= 0.6 is 0 Å². The molecule has 9 heteroatoms. The summed E-state index contributed by atoms with van der Waals surface area (Å²) in [6.07, 6.45) is -0.0112. The minimum atomic E-state index is -3.56. The van der Waals surface area contributed by atoms with Crippen LogP contribution in [0.4, 0.5) is 10.1 Å². The number of hydrogen-bond acceptors (Lipinski definition) is 5. The number of carbonyl (C=O) groups excluding carboxylic acids is 1. The summed E-state index contributed by atoms with van der Waals surface area (Å²) in [5, 5.41) is 2.70. The van der Waals surface area contributed by atoms with Gasteiger partial charge < -0.3 is 15.0 Å². The summed E-state index contributed by atoms with van der Waals surface area (Å²) < 4.78 is 45.7. The number of anilines is 1. The van der Waals surface area contributed by atoms with E-state index in [9.17, 15) is 17.6 Å². The second-order valence-electron chi connectivity index (χ2n) is 7.06. The van der Waals surface area contributed by atoms with Crippen molar-refractivity contribution in [2.75, 3.05) is 45.2 Å². The van der Waals surface area contributed by atoms with E-state index in [4.69, 9.17) is 4.74 Å². The molecule has 162 valence electrons. The summed E-state index contributed by atoms with van der Waals surface area (Å²) >= 11 is 0. The zero-order valence-electron chi connectivity index (χ0n) is 17.1. The molecular weight excluding hydrogens is 409 g/mol. The fraction of sp³-hybridized carbons (Fsp3) is 0.381. The highest BCUT2D eigenvalue weighted by molar-refractivity contribution is 7.89. The van der Waals surface area contributed by atoms with Gasteiger partial charge in [0, 0.05) is 31.9 Å². The van der Waals surface area contributed by atoms with Crippen LogP contribution in [-0.4, -0.2) is 63.4 Å². The topological polar surface area (TPSA) is 79.0 Å². The highest BCUT2D eigenvalue weighted by atomic mass is 32.2. The van der Waals surface area contributed by atoms with E-state index in [0.717, 1.165) is 19.6 Å². The van der Waals surface area contributed by atoms with E-state index < -0.39 is 15.8 Å². The van der Waals surface area contributed by atoms with Gasteiger partial charge in [0.2, 0.25) is 15.9 Å². The zero-order valence-corrected chi connectivity index (χ0v) is 17.9. The first-order valence-corrected chi connectivity index (χ1v) is 11.2. The summed E-state index contributed by atoms with van der Waals surface area (Å²) in [5.41, 5.74) is 0.986. The van der Waals surface area contributed by atoms with Gasteiger partial charge in [-0.3, -0.25) is 4.79 Å². The first kappa shape index (κ1) is 22.2. The average molecular weight is 436 g/mol. The van der Waals surface area contributed by atoms with Gasteiger partial charge in [0.15, 0.2) is 11.6 Å². The molecule has 7 nitrogen and oxygen atoms in total. The normalized spacial score (nSPS) is 15.7. The predicted molar refractivity (Wildman–Crippen MR) is 113 cm³/mol. The Kier molecular flexibility index (Phi) is 7.06. The lowest BCUT2D eigenvalue weighted by atomic mass is 10.1. The highest BCUT2D eigenvalue weighted by Gasteiger charge is 2.27. The van der Waals surface area contributed by atoms with E-state index in [0.29, 0.717) is 24.3 Å². The summed E-state index contributed by atoms with van der Waals surface area (Å²) in [5.74, 6) is -0.741. The van der Waals surface area contributed by atoms with E-state index >= 15 is 0 Å². The van der Waals surface area contributed by atoms with Crippen LogP contribution in [0.2, 0.25) is 0 Å². The molecule has 1 saturated heterocycles. The van der Waals surface area contributed by atoms with Crippen molar-refractivity contribution in [3.63, 3.8) is 0 Å². The van der Waals surface area contributed by atoms with E-state index in [1.165, 1.54) is 35.7 Å². The first-order chi connectivity index (χ1) is 14.3. The molecule has 0 aromatic heterocycles. The maximum atomic E-state index is 13.8. The van der Waals surface area contributed by atoms with Crippen molar-refractivity contribution in [1.82, 2.24) is 9.21 Å². The van der Waals surface area contributed by atoms with E-state index in [-0.39, 0.29) is 23.0 Å². The second kappa shape index (κ2) is 9.55. The minimum absolute atomic E-state index is 0.0112. The molecule has 1 aliphatic rings. The van der Waals surface area contributed by atoms with Crippen molar-refractivity contribution in [1.29, 1.82) is 0 Å². The van der Waals surface area contributed by atoms with Gasteiger partial charge in [-0.15, -0.1) is 0 Å². The molecule has 3 rings (SSSR count). The number of piperazine rings is 1. The molecule has 0 bridgehead atoms. The fourth-order valence-electron chi connectivity index (χ4n) is 3.36. The summed E-state index contributed by atoms with van der Waals surface area (Å²) in [4.78, 5) is 14.6. The molecule has 2 aromatic carbocycles. The SMILES string of the molecule is CCN1CCN(S(=O)(=O)c2ccc(NC(=O)Cc3ccc(OC)c(F)c3)cc2)CC1. The van der Waals surface area contributed by atoms with Crippen molar-refractivity contribution >= 4 is 21.6 Å². The largest absolute Gasteiger partial charge is 0.494 e. The number of amides is 1. The van der Waals surface area contributed by atoms with Gasteiger partial charge in [-0.1, -0.05) is 13.0 Å². The Morgan fingerprint density at radius 2 is 1.77 bits per heavy atom. The Bertz CT molecular complexity index is 988. The minimum Gasteiger partial charge on any atom is -0.494 e. The Balaban J connectivity index is 1.61. The molecule has 0 saturated carbocycles. The number of ether oxygens (including phenoxy) is 1. The molecule has 0 spiro atoms. The molecule has 0 aliphatic carbocycles. The lowest BCUT2D eigenvalue weighted by Crippen LogP contribution is -2.48. The number of likely N-dealkylation sites (N-methyl/N-ethyl adjacent to an activating group) is 1. The molecule has 0 unspecified atom stereocenters. The Hall–Kier alpha value is -2.49. The van der Waals surface area contributed by atoms with Crippen LogP contribution in [0.25, 0.3) is 0 Å². The number of nitrogens with one attached hydrogen (secondary N) is 1. The molecule has 1 aliphatic heterocycles. The second-order valence-corrected chi connectivity index (χ2v) is 8.99. The molecule has 0 radical (unpaired) electrons. The molecule has 2 aromatic rings. The Labute approximate surface area is 176 Å². The fourth-order valence-corrected chi connectivity index (χ4v) is 4.78. The van der Waals surface area contributed by atoms with Crippen LogP contribution < -0.4 is 10.1 Å². The Morgan fingerprint density at radius 3 is 2.33 bits per heavy atom. The van der Waals surface area contributed by atoms with Crippen LogP contribution in [-0.2, 0) is 21.2 Å². The highest BCUT2D eigenvalue weighted by Crippen LogP contribution is 2.21. The Morgan fingerprint density at radius 1 is 1.10 bits per heavy atom. The molecule has 1 amide bonds.